The molecule has 2 rings (SSSR count). The van der Waals surface area contributed by atoms with Gasteiger partial charge in [-0.2, -0.15) is 5.26 Å². The summed E-state index contributed by atoms with van der Waals surface area (Å²) in [6.07, 6.45) is 29.3. The van der Waals surface area contributed by atoms with E-state index < -0.39 is 45.8 Å². The van der Waals surface area contributed by atoms with E-state index in [0.29, 0.717) is 114 Å². The van der Waals surface area contributed by atoms with Crippen LogP contribution in [-0.4, -0.2) is 113 Å². The van der Waals surface area contributed by atoms with E-state index in [1.54, 1.807) is 11.2 Å². The minimum Gasteiger partial charge on any atom is -0.448 e. The number of amides is 2. The molecular weight excluding hydrogens is 1350 g/mol. The molecule has 0 saturated carbocycles. The molecule has 0 saturated heterocycles. The first kappa shape index (κ1) is 95.5. The summed E-state index contributed by atoms with van der Waals surface area (Å²) in [4.78, 5) is 133. The number of aliphatic imine (C=N–C) groups is 2. The molecule has 2 amide bonds. The number of isocyanates is 2. The zero-order valence-electron chi connectivity index (χ0n) is 61.4. The zero-order chi connectivity index (χ0) is 71.5. The molecule has 0 aliphatic heterocycles. The van der Waals surface area contributed by atoms with Gasteiger partial charge in [0.1, 0.15) is 13.2 Å². The fraction of sp³-hybridized carbons (Fsp3) is 0.847. The number of nitrogens with zero attached hydrogens (tertiary/aromatic N) is 10. The Kier molecular flexibility index (Phi) is 57.2. The van der Waals surface area contributed by atoms with Gasteiger partial charge in [-0.05, 0) is 127 Å². The standard InChI is InChI=1S/C40H75N5O6.C24H36N6O6.C7H16O.CH4.HI.H2/c1-32(2)23-17-12-15-21-27-43-37(48)42(38(49)44(39(43)50)28-22-16-13-18-24-33(3)4)26-20-14-10-11-19-25-35(46)45(40(7,8)9)29-30-51-36(47)41-31-34(5)6;25-19-36-18-12-6-5-11-17-30-23(34)28(15-9-3-1-7-13-26-20-31)22(33)29(24(30)35)16-10-4-2-8-14-27-21-32;1-7(2,3)5-4-6-8;;;/h32-34H,10-31H2,1-9H3,(H,41,47);1-18H2;8H,4-6H2,1-3H3;1H4;2*1H/i;;;;;1+2. The van der Waals surface area contributed by atoms with Crippen LogP contribution in [0.2, 0.25) is 0 Å². The molecule has 25 heteroatoms. The van der Waals surface area contributed by atoms with Gasteiger partial charge in [-0.3, -0.25) is 4.79 Å². The van der Waals surface area contributed by atoms with Crippen molar-refractivity contribution in [2.24, 2.45) is 33.2 Å². The quantitative estimate of drug-likeness (QED) is 0.0205. The first-order valence-electron chi connectivity index (χ1n) is 36.0. The van der Waals surface area contributed by atoms with Gasteiger partial charge in [0.05, 0.1) is 19.6 Å². The number of alkyl carbamates (subject to hydrolysis) is 1. The molecule has 0 atom stereocenters. The van der Waals surface area contributed by atoms with Crippen molar-refractivity contribution in [2.45, 2.75) is 328 Å². The number of aromatic nitrogens is 6. The van der Waals surface area contributed by atoms with Gasteiger partial charge in [-0.25, -0.2) is 80.5 Å². The number of halogens is 1. The first-order chi connectivity index (χ1) is 45.2. The molecular formula is C72H134IN11O13. The van der Waals surface area contributed by atoms with Crippen molar-refractivity contribution in [3.05, 3.63) is 62.9 Å². The molecule has 0 aliphatic rings. The topological polar surface area (TPSA) is 303 Å². The van der Waals surface area contributed by atoms with E-state index in [1.807, 2.05) is 34.6 Å². The number of nitriles is 1. The SMILES string of the molecule is C.CC(C)(C)CCCO.CC(C)CCCCCCn1c(=O)n(CCCCCCCC(=O)N(CCOC(=O)NCC(C)C)C(C)(C)C)c(=O)n(CCCCCCC(C)C)c1=O.I.N#COCCCCCCn1c(=O)n(CCCCCCN=C=O)c(=O)n(CCCCCCN=C=O)c1=O.[3HH]. The van der Waals surface area contributed by atoms with Crippen LogP contribution in [0.25, 0.3) is 0 Å². The van der Waals surface area contributed by atoms with E-state index in [-0.39, 0.29) is 71.5 Å². The molecule has 0 unspecified atom stereocenters. The van der Waals surface area contributed by atoms with Gasteiger partial charge in [0.2, 0.25) is 18.1 Å². The maximum atomic E-state index is 13.4. The Morgan fingerprint density at radius 3 is 1.13 bits per heavy atom. The highest BCUT2D eigenvalue weighted by atomic mass is 127. The number of nitrogens with one attached hydrogen (secondary N) is 1. The van der Waals surface area contributed by atoms with Crippen LogP contribution in [0.3, 0.4) is 0 Å². The third kappa shape index (κ3) is 46.3. The summed E-state index contributed by atoms with van der Waals surface area (Å²) in [5.74, 6) is 1.70. The van der Waals surface area contributed by atoms with Gasteiger partial charge < -0.3 is 24.8 Å². The van der Waals surface area contributed by atoms with Crippen LogP contribution in [0.1, 0.15) is 285 Å². The predicted molar refractivity (Wildman–Crippen MR) is 401 cm³/mol. The Balaban J connectivity index is -0.000000819. The van der Waals surface area contributed by atoms with Crippen LogP contribution in [0.4, 0.5) is 4.79 Å². The smallest absolute Gasteiger partial charge is 0.407 e. The molecule has 24 nitrogen and oxygen atoms in total. The van der Waals surface area contributed by atoms with Crippen LogP contribution >= 0.6 is 24.0 Å². The highest BCUT2D eigenvalue weighted by Gasteiger charge is 2.26. The van der Waals surface area contributed by atoms with E-state index in [1.165, 1.54) is 38.7 Å². The van der Waals surface area contributed by atoms with E-state index in [0.717, 1.165) is 155 Å². The molecule has 0 radical (unpaired) electrons. The summed E-state index contributed by atoms with van der Waals surface area (Å²) in [6.45, 7) is 29.5. The maximum absolute atomic E-state index is 13.4. The Morgan fingerprint density at radius 2 is 0.835 bits per heavy atom. The zero-order valence-corrected chi connectivity index (χ0v) is 63.7. The third-order valence-corrected chi connectivity index (χ3v) is 16.1. The number of hydrogen-bond donors (Lipinski definition) is 2. The monoisotopic (exact) mass is 1490 g/mol. The van der Waals surface area contributed by atoms with Gasteiger partial charge in [-0.15, -0.1) is 24.0 Å². The highest BCUT2D eigenvalue weighted by Crippen LogP contribution is 2.20. The molecule has 2 N–H and O–H groups in total. The lowest BCUT2D eigenvalue weighted by Gasteiger charge is -2.35. The summed E-state index contributed by atoms with van der Waals surface area (Å²) in [5, 5.41) is 19.5. The summed E-state index contributed by atoms with van der Waals surface area (Å²) >= 11 is 0. The fourth-order valence-electron chi connectivity index (χ4n) is 10.7. The van der Waals surface area contributed by atoms with Crippen LogP contribution in [0.5, 0.6) is 0 Å². The summed E-state index contributed by atoms with van der Waals surface area (Å²) in [6, 6.07) is 0. The Hall–Kier alpha value is -5.70. The number of ether oxygens (including phenoxy) is 2. The lowest BCUT2D eigenvalue weighted by molar-refractivity contribution is -0.136. The van der Waals surface area contributed by atoms with Crippen molar-refractivity contribution in [1.82, 2.24) is 37.6 Å². The molecule has 0 aromatic carbocycles. The minimum atomic E-state index is -0.592. The molecule has 0 spiro atoms. The number of aliphatic hydroxyl groups excluding tert-OH is 1. The average Bonchev–Trinajstić information content (AvgIpc) is 0.797. The van der Waals surface area contributed by atoms with Crippen molar-refractivity contribution >= 4 is 48.1 Å². The van der Waals surface area contributed by atoms with Crippen LogP contribution in [-0.2, 0) is 63.1 Å². The largest absolute Gasteiger partial charge is 0.448 e. The molecule has 0 bridgehead atoms. The minimum absolute atomic E-state index is 0. The summed E-state index contributed by atoms with van der Waals surface area (Å²) in [7, 11) is 0. The molecule has 2 aromatic heterocycles. The molecule has 562 valence electrons. The maximum Gasteiger partial charge on any atom is 0.407 e. The first-order valence-corrected chi connectivity index (χ1v) is 36.0. The van der Waals surface area contributed by atoms with Crippen molar-refractivity contribution in [1.29, 1.82) is 5.26 Å². The Morgan fingerprint density at radius 1 is 0.505 bits per heavy atom. The van der Waals surface area contributed by atoms with Crippen LogP contribution in [0, 0.1) is 34.7 Å². The number of hydrogen-bond acceptors (Lipinski definition) is 16. The van der Waals surface area contributed by atoms with Gasteiger partial charge in [0, 0.05) is 65.8 Å². The van der Waals surface area contributed by atoms with Crippen molar-refractivity contribution in [3.8, 4) is 6.26 Å². The highest BCUT2D eigenvalue weighted by molar-refractivity contribution is 14.0. The van der Waals surface area contributed by atoms with Gasteiger partial charge in [0.15, 0.2) is 0 Å². The van der Waals surface area contributed by atoms with Crippen molar-refractivity contribution in [2.75, 3.05) is 46.0 Å². The van der Waals surface area contributed by atoms with Gasteiger partial charge in [0.25, 0.3) is 6.26 Å². The normalized spacial score (nSPS) is 11.1. The Labute approximate surface area is 599 Å². The molecule has 2 heterocycles. The number of aliphatic hydroxyl groups is 1. The number of carbonyl (C=O) groups excluding carboxylic acids is 4. The van der Waals surface area contributed by atoms with E-state index in [9.17, 15) is 47.9 Å². The summed E-state index contributed by atoms with van der Waals surface area (Å²) in [5.41, 5.74) is -3.23. The van der Waals surface area contributed by atoms with Crippen LogP contribution in [0.15, 0.2) is 38.8 Å². The van der Waals surface area contributed by atoms with E-state index in [2.05, 4.69) is 68.5 Å². The lowest BCUT2D eigenvalue weighted by Crippen LogP contribution is -2.54. The van der Waals surface area contributed by atoms with Crippen molar-refractivity contribution < 1.29 is 35.2 Å². The average molecular weight is 1490 g/mol. The molecule has 0 aliphatic carbocycles. The second-order valence-electron chi connectivity index (χ2n) is 28.5. The lowest BCUT2D eigenvalue weighted by atomic mass is 9.91. The van der Waals surface area contributed by atoms with E-state index in [4.69, 9.17) is 15.1 Å². The van der Waals surface area contributed by atoms with E-state index >= 15 is 0 Å². The van der Waals surface area contributed by atoms with Gasteiger partial charge in [-0.1, -0.05) is 172 Å². The molecule has 0 fully saturated rings. The second-order valence-corrected chi connectivity index (χ2v) is 28.5. The van der Waals surface area contributed by atoms with Crippen LogP contribution < -0.4 is 39.5 Å². The fourth-order valence-corrected chi connectivity index (χ4v) is 10.7. The molecule has 97 heavy (non-hydrogen) atoms. The van der Waals surface area contributed by atoms with Gasteiger partial charge >= 0.3 is 40.2 Å². The molecule has 2 aromatic rings. The number of unbranched alkanes of at least 4 members (excludes halogenated alkanes) is 19. The van der Waals surface area contributed by atoms with Crippen molar-refractivity contribution in [3.63, 3.8) is 0 Å². The predicted octanol–water partition coefficient (Wildman–Crippen LogP) is 13.1. The number of rotatable bonds is 50. The second kappa shape index (κ2) is 58.1. The summed E-state index contributed by atoms with van der Waals surface area (Å²) < 4.78 is 17.2. The number of carbonyl (C=O) groups is 2. The Bertz CT molecular complexity index is 2810. The third-order valence-electron chi connectivity index (χ3n) is 16.1.